The van der Waals surface area contributed by atoms with Gasteiger partial charge in [0, 0.05) is 50.2 Å². The van der Waals surface area contributed by atoms with Gasteiger partial charge in [-0.05, 0) is 58.3 Å². The lowest BCUT2D eigenvalue weighted by molar-refractivity contribution is -0.127. The van der Waals surface area contributed by atoms with Gasteiger partial charge in [0.05, 0.1) is 17.5 Å². The summed E-state index contributed by atoms with van der Waals surface area (Å²) in [7, 11) is 1.71. The molecule has 180 valence electrons. The Hall–Kier alpha value is -2.58. The number of nitrogens with zero attached hydrogens (tertiary/aromatic N) is 3. The maximum absolute atomic E-state index is 11.9. The van der Waals surface area contributed by atoms with Crippen LogP contribution < -0.4 is 10.8 Å². The number of amides is 1. The number of hydrogen-bond acceptors (Lipinski definition) is 5. The van der Waals surface area contributed by atoms with Gasteiger partial charge in [-0.2, -0.15) is 0 Å². The molecular weight excluding hydrogens is 415 g/mol. The third-order valence-electron chi connectivity index (χ3n) is 6.60. The standard InChI is InChI=1S/C25H39BN4O3/c1-10-23(31)30-13-11-29(12-14-30)19(3)20-15-18(2)21(16-22(20)28-17-27-9)26(8)33-25(6,7)24(4,5)32/h10,15-17,32H,1,3,11-14H2,2,4-9H3,(H,27,28). The molecule has 1 saturated heterocycles. The third kappa shape index (κ3) is 6.27. The molecule has 0 saturated carbocycles. The van der Waals surface area contributed by atoms with Gasteiger partial charge in [-0.3, -0.25) is 9.79 Å². The molecule has 0 atom stereocenters. The largest absolute Gasteiger partial charge is 0.423 e. The highest BCUT2D eigenvalue weighted by atomic mass is 16.5. The molecule has 33 heavy (non-hydrogen) atoms. The summed E-state index contributed by atoms with van der Waals surface area (Å²) in [5.74, 6) is -0.0371. The lowest BCUT2D eigenvalue weighted by atomic mass is 9.60. The topological polar surface area (TPSA) is 77.4 Å². The van der Waals surface area contributed by atoms with Crippen molar-refractivity contribution in [3.05, 3.63) is 42.5 Å². The first-order valence-electron chi connectivity index (χ1n) is 11.4. The van der Waals surface area contributed by atoms with Gasteiger partial charge in [0.25, 0.3) is 0 Å². The van der Waals surface area contributed by atoms with Crippen molar-refractivity contribution in [1.82, 2.24) is 9.80 Å². The van der Waals surface area contributed by atoms with E-state index >= 15 is 0 Å². The van der Waals surface area contributed by atoms with Crippen molar-refractivity contribution in [2.24, 2.45) is 4.99 Å². The van der Waals surface area contributed by atoms with E-state index in [-0.39, 0.29) is 12.8 Å². The van der Waals surface area contributed by atoms with Gasteiger partial charge in [0.2, 0.25) is 5.91 Å². The average Bonchev–Trinajstić information content (AvgIpc) is 2.75. The summed E-state index contributed by atoms with van der Waals surface area (Å²) < 4.78 is 6.30. The Morgan fingerprint density at radius 3 is 2.30 bits per heavy atom. The average molecular weight is 454 g/mol. The monoisotopic (exact) mass is 454 g/mol. The van der Waals surface area contributed by atoms with Gasteiger partial charge in [-0.25, -0.2) is 0 Å². The Kier molecular flexibility index (Phi) is 8.54. The van der Waals surface area contributed by atoms with E-state index in [0.717, 1.165) is 28.0 Å². The Bertz CT molecular complexity index is 913. The van der Waals surface area contributed by atoms with Crippen LogP contribution in [0.5, 0.6) is 0 Å². The minimum absolute atomic E-state index is 0.0371. The maximum atomic E-state index is 11.9. The zero-order valence-electron chi connectivity index (χ0n) is 21.2. The molecule has 1 aromatic carbocycles. The van der Waals surface area contributed by atoms with Crippen LogP contribution in [0.1, 0.15) is 38.8 Å². The number of aliphatic hydroxyl groups is 1. The molecule has 2 rings (SSSR count). The Labute approximate surface area is 199 Å². The number of hydrogen-bond donors (Lipinski definition) is 2. The zero-order valence-corrected chi connectivity index (χ0v) is 21.2. The second-order valence-electron chi connectivity index (χ2n) is 9.58. The van der Waals surface area contributed by atoms with Crippen LogP contribution >= 0.6 is 0 Å². The molecule has 8 heteroatoms. The van der Waals surface area contributed by atoms with Crippen LogP contribution in [0.15, 0.2) is 36.4 Å². The quantitative estimate of drug-likeness (QED) is 0.260. The van der Waals surface area contributed by atoms with Crippen LogP contribution in [0.3, 0.4) is 0 Å². The number of carbonyl (C=O) groups excluding carboxylic acids is 1. The van der Waals surface area contributed by atoms with E-state index in [1.165, 1.54) is 6.08 Å². The number of nitrogens with one attached hydrogen (secondary N) is 1. The fourth-order valence-electron chi connectivity index (χ4n) is 3.80. The Balaban J connectivity index is 2.33. The van der Waals surface area contributed by atoms with Gasteiger partial charge in [0.1, 0.15) is 0 Å². The normalized spacial score (nSPS) is 15.0. The zero-order chi connectivity index (χ0) is 25.0. The van der Waals surface area contributed by atoms with Crippen LogP contribution in [0.2, 0.25) is 6.82 Å². The van der Waals surface area contributed by atoms with Crippen molar-refractivity contribution in [3.63, 3.8) is 0 Å². The molecule has 0 radical (unpaired) electrons. The Morgan fingerprint density at radius 1 is 1.21 bits per heavy atom. The van der Waals surface area contributed by atoms with Gasteiger partial charge in [-0.15, -0.1) is 0 Å². The number of piperazine rings is 1. The van der Waals surface area contributed by atoms with E-state index in [2.05, 4.69) is 47.4 Å². The van der Waals surface area contributed by atoms with Crippen molar-refractivity contribution in [1.29, 1.82) is 0 Å². The molecule has 1 fully saturated rings. The number of benzene rings is 1. The van der Waals surface area contributed by atoms with E-state index < -0.39 is 11.2 Å². The second kappa shape index (κ2) is 10.6. The highest BCUT2D eigenvalue weighted by Gasteiger charge is 2.38. The molecular formula is C25H39BN4O3. The molecule has 2 N–H and O–H groups in total. The minimum Gasteiger partial charge on any atom is -0.423 e. The summed E-state index contributed by atoms with van der Waals surface area (Å²) in [6.07, 6.45) is 3.01. The molecule has 0 aliphatic carbocycles. The van der Waals surface area contributed by atoms with Crippen LogP contribution in [0.25, 0.3) is 5.70 Å². The number of carbonyl (C=O) groups is 1. The van der Waals surface area contributed by atoms with Crippen LogP contribution in [-0.2, 0) is 9.45 Å². The number of rotatable bonds is 9. The fourth-order valence-corrected chi connectivity index (χ4v) is 3.80. The molecule has 0 bridgehead atoms. The molecule has 1 aromatic rings. The van der Waals surface area contributed by atoms with E-state index in [0.29, 0.717) is 26.2 Å². The first-order valence-corrected chi connectivity index (χ1v) is 11.4. The van der Waals surface area contributed by atoms with Crippen molar-refractivity contribution < 1.29 is 14.6 Å². The summed E-state index contributed by atoms with van der Waals surface area (Å²) in [5.41, 5.74) is 3.13. The highest BCUT2D eigenvalue weighted by molar-refractivity contribution is 6.66. The summed E-state index contributed by atoms with van der Waals surface area (Å²) >= 11 is 0. The molecule has 1 heterocycles. The van der Waals surface area contributed by atoms with Gasteiger partial charge >= 0.3 is 6.92 Å². The van der Waals surface area contributed by atoms with E-state index in [1.54, 1.807) is 32.1 Å². The van der Waals surface area contributed by atoms with Gasteiger partial charge < -0.3 is 24.9 Å². The molecule has 0 spiro atoms. The number of aliphatic imine (C=N–C) groups is 1. The number of aryl methyl sites for hydroxylation is 1. The fraction of sp³-hybridized carbons (Fsp3) is 0.520. The van der Waals surface area contributed by atoms with Crippen LogP contribution in [-0.4, -0.2) is 78.5 Å². The molecule has 1 amide bonds. The summed E-state index contributed by atoms with van der Waals surface area (Å²) in [6.45, 7) is 21.8. The molecule has 0 unspecified atom stereocenters. The predicted molar refractivity (Wildman–Crippen MR) is 139 cm³/mol. The van der Waals surface area contributed by atoms with Gasteiger partial charge in [0.15, 0.2) is 0 Å². The third-order valence-corrected chi connectivity index (χ3v) is 6.60. The van der Waals surface area contributed by atoms with Gasteiger partial charge in [-0.1, -0.05) is 25.5 Å². The van der Waals surface area contributed by atoms with Crippen molar-refractivity contribution >= 4 is 36.0 Å². The van der Waals surface area contributed by atoms with Crippen LogP contribution in [0.4, 0.5) is 5.69 Å². The lowest BCUT2D eigenvalue weighted by Gasteiger charge is -2.39. The number of anilines is 1. The SMILES string of the molecule is C=CC(=O)N1CCN(C(=C)c2cc(C)c(B(C)OC(C)(C)C(C)(C)O)cc2NC=NC)CC1. The first-order chi connectivity index (χ1) is 15.3. The van der Waals surface area contributed by atoms with Crippen LogP contribution in [0, 0.1) is 6.92 Å². The molecule has 0 aromatic heterocycles. The van der Waals surface area contributed by atoms with Crippen molar-refractivity contribution in [2.45, 2.75) is 52.6 Å². The summed E-state index contributed by atoms with van der Waals surface area (Å²) in [6, 6.07) is 4.18. The van der Waals surface area contributed by atoms with E-state index in [9.17, 15) is 9.90 Å². The van der Waals surface area contributed by atoms with E-state index in [4.69, 9.17) is 4.65 Å². The van der Waals surface area contributed by atoms with E-state index in [1.807, 2.05) is 20.7 Å². The Morgan fingerprint density at radius 2 is 1.79 bits per heavy atom. The molecule has 7 nitrogen and oxygen atoms in total. The highest BCUT2D eigenvalue weighted by Crippen LogP contribution is 2.29. The second-order valence-corrected chi connectivity index (χ2v) is 9.58. The maximum Gasteiger partial charge on any atom is 0.324 e. The first kappa shape index (κ1) is 26.7. The minimum atomic E-state index is -0.992. The summed E-state index contributed by atoms with van der Waals surface area (Å²) in [5, 5.41) is 13.8. The smallest absolute Gasteiger partial charge is 0.324 e. The predicted octanol–water partition coefficient (Wildman–Crippen LogP) is 2.76. The lowest BCUT2D eigenvalue weighted by Crippen LogP contribution is -2.52. The molecule has 1 aliphatic rings. The van der Waals surface area contributed by atoms with Crippen molar-refractivity contribution in [2.75, 3.05) is 38.5 Å². The molecule has 1 aliphatic heterocycles. The summed E-state index contributed by atoms with van der Waals surface area (Å²) in [4.78, 5) is 20.0. The van der Waals surface area contributed by atoms with Crippen molar-refractivity contribution in [3.8, 4) is 0 Å².